The summed E-state index contributed by atoms with van der Waals surface area (Å²) >= 11 is 0. The number of hydrogen-bond acceptors (Lipinski definition) is 4. The van der Waals surface area contributed by atoms with E-state index in [2.05, 4.69) is 17.1 Å². The second kappa shape index (κ2) is 7.85. The molecule has 4 nitrogen and oxygen atoms in total. The smallest absolute Gasteiger partial charge is 0.327 e. The van der Waals surface area contributed by atoms with Gasteiger partial charge in [0.05, 0.1) is 6.61 Å². The van der Waals surface area contributed by atoms with Gasteiger partial charge in [-0.05, 0) is 39.8 Å². The van der Waals surface area contributed by atoms with E-state index in [1.54, 1.807) is 0 Å². The van der Waals surface area contributed by atoms with Crippen molar-refractivity contribution in [3.63, 3.8) is 0 Å². The molecule has 0 aromatic rings. The van der Waals surface area contributed by atoms with E-state index in [0.717, 1.165) is 19.6 Å². The maximum absolute atomic E-state index is 12.2. The van der Waals surface area contributed by atoms with Crippen LogP contribution in [0.5, 0.6) is 0 Å². The number of likely N-dealkylation sites (N-methyl/N-ethyl adjacent to an activating group) is 2. The minimum absolute atomic E-state index is 0.131. The van der Waals surface area contributed by atoms with Crippen LogP contribution in [0.2, 0.25) is 0 Å². The molecule has 1 atom stereocenters. The van der Waals surface area contributed by atoms with E-state index in [4.69, 9.17) is 4.74 Å². The molecule has 1 aliphatic rings. The Balaban J connectivity index is 2.71. The second-order valence-electron chi connectivity index (χ2n) is 5.58. The Kier molecular flexibility index (Phi) is 6.80. The summed E-state index contributed by atoms with van der Waals surface area (Å²) in [5.74, 6) is -0.131. The first kappa shape index (κ1) is 16.4. The fraction of sp³-hybridized carbons (Fsp3) is 0.933. The van der Waals surface area contributed by atoms with Gasteiger partial charge >= 0.3 is 5.97 Å². The van der Waals surface area contributed by atoms with Crippen LogP contribution in [0.15, 0.2) is 0 Å². The number of esters is 1. The summed E-state index contributed by atoms with van der Waals surface area (Å²) in [5.41, 5.74) is -0.594. The highest BCUT2D eigenvalue weighted by Crippen LogP contribution is 2.25. The van der Waals surface area contributed by atoms with Crippen LogP contribution in [0.25, 0.3) is 0 Å². The highest BCUT2D eigenvalue weighted by molar-refractivity contribution is 5.80. The first-order chi connectivity index (χ1) is 9.07. The minimum Gasteiger partial charge on any atom is -0.465 e. The Morgan fingerprint density at radius 3 is 2.42 bits per heavy atom. The van der Waals surface area contributed by atoms with Gasteiger partial charge in [-0.2, -0.15) is 0 Å². The van der Waals surface area contributed by atoms with Gasteiger partial charge in [-0.25, -0.2) is 0 Å². The Morgan fingerprint density at radius 1 is 1.32 bits per heavy atom. The van der Waals surface area contributed by atoms with Gasteiger partial charge in [-0.3, -0.25) is 9.69 Å². The number of hydrogen-bond donors (Lipinski definition) is 1. The zero-order valence-corrected chi connectivity index (χ0v) is 13.0. The quantitative estimate of drug-likeness (QED) is 0.686. The molecule has 112 valence electrons. The van der Waals surface area contributed by atoms with Crippen LogP contribution in [-0.4, -0.2) is 48.7 Å². The third-order valence-electron chi connectivity index (χ3n) is 4.06. The largest absolute Gasteiger partial charge is 0.465 e. The van der Waals surface area contributed by atoms with Crippen molar-refractivity contribution in [3.8, 4) is 0 Å². The summed E-state index contributed by atoms with van der Waals surface area (Å²) in [6.07, 6.45) is 5.16. The van der Waals surface area contributed by atoms with E-state index in [9.17, 15) is 4.79 Å². The van der Waals surface area contributed by atoms with Gasteiger partial charge in [0.2, 0.25) is 0 Å². The van der Waals surface area contributed by atoms with E-state index in [-0.39, 0.29) is 5.97 Å². The van der Waals surface area contributed by atoms with Gasteiger partial charge in [0.25, 0.3) is 0 Å². The van der Waals surface area contributed by atoms with Crippen molar-refractivity contribution in [3.05, 3.63) is 0 Å². The molecular formula is C15H30N2O2. The first-order valence-electron chi connectivity index (χ1n) is 7.73. The van der Waals surface area contributed by atoms with Gasteiger partial charge in [0, 0.05) is 12.6 Å². The Labute approximate surface area is 117 Å². The molecular weight excluding hydrogens is 240 g/mol. The van der Waals surface area contributed by atoms with Crippen molar-refractivity contribution in [2.24, 2.45) is 0 Å². The number of carbonyl (C=O) groups excluding carboxylic acids is 1. The summed E-state index contributed by atoms with van der Waals surface area (Å²) < 4.78 is 5.24. The molecule has 1 rings (SSSR count). The van der Waals surface area contributed by atoms with Crippen molar-refractivity contribution in [2.75, 3.05) is 26.2 Å². The molecule has 1 aliphatic carbocycles. The molecule has 1 fully saturated rings. The summed E-state index contributed by atoms with van der Waals surface area (Å²) in [6.45, 7) is 11.0. The zero-order chi connectivity index (χ0) is 14.3. The molecule has 0 aromatic heterocycles. The van der Waals surface area contributed by atoms with E-state index in [1.807, 2.05) is 20.8 Å². The van der Waals surface area contributed by atoms with Crippen LogP contribution in [0.3, 0.4) is 0 Å². The lowest BCUT2D eigenvalue weighted by Gasteiger charge is -2.36. The number of rotatable bonds is 8. The first-order valence-corrected chi connectivity index (χ1v) is 7.73. The standard InChI is InChI=1S/C15H30N2O2/c1-5-16-15(4,14(18)19-7-3)12-17(6-2)13-10-8-9-11-13/h13,16H,5-12H2,1-4H3. The Hall–Kier alpha value is -0.610. The monoisotopic (exact) mass is 270 g/mol. The van der Waals surface area contributed by atoms with Crippen LogP contribution in [0.1, 0.15) is 53.4 Å². The average molecular weight is 270 g/mol. The molecule has 0 spiro atoms. The van der Waals surface area contributed by atoms with Crippen LogP contribution < -0.4 is 5.32 Å². The van der Waals surface area contributed by atoms with Gasteiger partial charge in [-0.15, -0.1) is 0 Å². The lowest BCUT2D eigenvalue weighted by molar-refractivity contribution is -0.151. The molecule has 0 radical (unpaired) electrons. The average Bonchev–Trinajstić information content (AvgIpc) is 2.90. The van der Waals surface area contributed by atoms with Crippen molar-refractivity contribution < 1.29 is 9.53 Å². The van der Waals surface area contributed by atoms with E-state index in [0.29, 0.717) is 12.6 Å². The SMILES string of the molecule is CCNC(C)(CN(CC)C1CCCC1)C(=O)OCC. The molecule has 0 aromatic carbocycles. The normalized spacial score (nSPS) is 19.6. The number of ether oxygens (including phenoxy) is 1. The molecule has 0 bridgehead atoms. The van der Waals surface area contributed by atoms with Crippen LogP contribution in [0, 0.1) is 0 Å². The molecule has 0 saturated heterocycles. The number of nitrogens with zero attached hydrogens (tertiary/aromatic N) is 1. The van der Waals surface area contributed by atoms with E-state index >= 15 is 0 Å². The van der Waals surface area contributed by atoms with Crippen LogP contribution in [0.4, 0.5) is 0 Å². The topological polar surface area (TPSA) is 41.6 Å². The van der Waals surface area contributed by atoms with Crippen molar-refractivity contribution >= 4 is 5.97 Å². The summed E-state index contributed by atoms with van der Waals surface area (Å²) in [6, 6.07) is 0.636. The highest BCUT2D eigenvalue weighted by Gasteiger charge is 2.37. The Bertz CT molecular complexity index is 277. The molecule has 1 N–H and O–H groups in total. The van der Waals surface area contributed by atoms with Crippen molar-refractivity contribution in [1.82, 2.24) is 10.2 Å². The molecule has 4 heteroatoms. The number of carbonyl (C=O) groups is 1. The van der Waals surface area contributed by atoms with Gasteiger partial charge in [-0.1, -0.05) is 26.7 Å². The summed E-state index contributed by atoms with van der Waals surface area (Å²) in [4.78, 5) is 14.6. The molecule has 0 amide bonds. The zero-order valence-electron chi connectivity index (χ0n) is 13.0. The van der Waals surface area contributed by atoms with Gasteiger partial charge in [0.15, 0.2) is 0 Å². The third kappa shape index (κ3) is 4.46. The van der Waals surface area contributed by atoms with Crippen molar-refractivity contribution in [2.45, 2.75) is 65.0 Å². The fourth-order valence-electron chi connectivity index (χ4n) is 3.05. The van der Waals surface area contributed by atoms with E-state index in [1.165, 1.54) is 25.7 Å². The number of nitrogens with one attached hydrogen (secondary N) is 1. The maximum Gasteiger partial charge on any atom is 0.327 e. The molecule has 19 heavy (non-hydrogen) atoms. The van der Waals surface area contributed by atoms with Gasteiger partial charge in [0.1, 0.15) is 5.54 Å². The fourth-order valence-corrected chi connectivity index (χ4v) is 3.05. The molecule has 1 saturated carbocycles. The molecule has 0 aliphatic heterocycles. The molecule has 0 heterocycles. The summed E-state index contributed by atoms with van der Waals surface area (Å²) in [5, 5.41) is 3.32. The predicted octanol–water partition coefficient (Wildman–Crippen LogP) is 2.18. The lowest BCUT2D eigenvalue weighted by Crippen LogP contribution is -2.58. The predicted molar refractivity (Wildman–Crippen MR) is 78.2 cm³/mol. The molecule has 1 unspecified atom stereocenters. The summed E-state index contributed by atoms with van der Waals surface area (Å²) in [7, 11) is 0. The van der Waals surface area contributed by atoms with Crippen LogP contribution in [-0.2, 0) is 9.53 Å². The maximum atomic E-state index is 12.2. The van der Waals surface area contributed by atoms with Crippen LogP contribution >= 0.6 is 0 Å². The third-order valence-corrected chi connectivity index (χ3v) is 4.06. The highest BCUT2D eigenvalue weighted by atomic mass is 16.5. The minimum atomic E-state index is -0.594. The second-order valence-corrected chi connectivity index (χ2v) is 5.58. The van der Waals surface area contributed by atoms with Crippen molar-refractivity contribution in [1.29, 1.82) is 0 Å². The lowest BCUT2D eigenvalue weighted by atomic mass is 10.00. The Morgan fingerprint density at radius 2 is 1.95 bits per heavy atom. The van der Waals surface area contributed by atoms with E-state index < -0.39 is 5.54 Å². The van der Waals surface area contributed by atoms with Gasteiger partial charge < -0.3 is 10.1 Å².